The van der Waals surface area contributed by atoms with Crippen LogP contribution in [0, 0.1) is 47.3 Å². The Morgan fingerprint density at radius 2 is 0.708 bits per heavy atom. The number of rotatable bonds is 28. The minimum atomic E-state index is -2.44. The molecule has 6 saturated heterocycles. The van der Waals surface area contributed by atoms with Crippen molar-refractivity contribution in [3.05, 3.63) is 144 Å². The Labute approximate surface area is 847 Å². The second-order valence-electron chi connectivity index (χ2n) is 41.6. The molecule has 6 heterocycles. The molecule has 0 aromatic heterocycles. The lowest BCUT2D eigenvalue weighted by Crippen LogP contribution is -2.63. The van der Waals surface area contributed by atoms with E-state index in [4.69, 9.17) is 94.7 Å². The molecule has 4 aromatic carbocycles. The summed E-state index contributed by atoms with van der Waals surface area (Å²) in [5.41, 5.74) is -8.70. The summed E-state index contributed by atoms with van der Waals surface area (Å²) in [5, 5.41) is 60.9. The second kappa shape index (κ2) is 51.7. The van der Waals surface area contributed by atoms with E-state index in [0.29, 0.717) is 35.1 Å². The topological polar surface area (TPSA) is 446 Å². The third kappa shape index (κ3) is 28.4. The molecule has 4 aromatic rings. The third-order valence-corrected chi connectivity index (χ3v) is 30.3. The molecule has 0 amide bonds. The summed E-state index contributed by atoms with van der Waals surface area (Å²) in [6, 6.07) is 33.4. The molecule has 6 aliphatic heterocycles. The number of carbonyl (C=O) groups excluding carboxylic acids is 9. The Hall–Kier alpha value is -8.45. The van der Waals surface area contributed by atoms with Crippen molar-refractivity contribution in [2.45, 2.75) is 364 Å². The lowest BCUT2D eigenvalue weighted by atomic mass is 9.73. The first kappa shape index (κ1) is 119. The fraction of sp³-hybridized carbons (Fsp3) is 0.694. The summed E-state index contributed by atoms with van der Waals surface area (Å²) >= 11 is 0. The van der Waals surface area contributed by atoms with Crippen LogP contribution < -0.4 is 0 Å². The van der Waals surface area contributed by atoms with Crippen LogP contribution in [0.25, 0.3) is 0 Å². The first-order chi connectivity index (χ1) is 67.7. The van der Waals surface area contributed by atoms with E-state index < -0.39 is 277 Å². The number of cyclic esters (lactones) is 2. The molecule has 0 radical (unpaired) electrons. The molecule has 0 bridgehead atoms. The van der Waals surface area contributed by atoms with Gasteiger partial charge in [0.1, 0.15) is 42.4 Å². The van der Waals surface area contributed by atoms with Crippen LogP contribution in [0.2, 0.25) is 0 Å². The fourth-order valence-electron chi connectivity index (χ4n) is 21.5. The minimum Gasteiger partial charge on any atom is -0.463 e. The molecule has 4 unspecified atom stereocenters. The summed E-state index contributed by atoms with van der Waals surface area (Å²) in [5.74, 6) is -14.2. The molecule has 6 aliphatic rings. The Morgan fingerprint density at radius 3 is 1.02 bits per heavy atom. The number of Topliss-reactive ketones (excluding diaryl/α,β-unsaturated/α-hetero) is 1. The van der Waals surface area contributed by atoms with Crippen molar-refractivity contribution in [3.8, 4) is 0 Å². The lowest BCUT2D eigenvalue weighted by molar-refractivity contribution is -0.319. The summed E-state index contributed by atoms with van der Waals surface area (Å²) in [6.07, 6.45) is -22.6. The first-order valence-corrected chi connectivity index (χ1v) is 50.2. The molecule has 0 spiro atoms. The summed E-state index contributed by atoms with van der Waals surface area (Å²) in [7, 11) is 13.4. The Morgan fingerprint density at radius 1 is 0.396 bits per heavy atom. The van der Waals surface area contributed by atoms with E-state index in [1.54, 1.807) is 218 Å². The van der Waals surface area contributed by atoms with Crippen LogP contribution in [0.5, 0.6) is 0 Å². The molecular weight excluding hydrogens is 1870 g/mol. The largest absolute Gasteiger partial charge is 0.463 e. The Bertz CT molecular complexity index is 4790. The average molecular weight is 2030 g/mol. The Balaban J connectivity index is 0.000000321. The number of aliphatic hydroxyl groups excluding tert-OH is 3. The predicted molar refractivity (Wildman–Crippen MR) is 524 cm³/mol. The zero-order valence-corrected chi connectivity index (χ0v) is 89.0. The number of ketones is 1. The molecule has 36 nitrogen and oxygen atoms in total. The zero-order valence-electron chi connectivity index (χ0n) is 89.0. The van der Waals surface area contributed by atoms with Crippen molar-refractivity contribution in [1.82, 2.24) is 9.80 Å². The highest BCUT2D eigenvalue weighted by molar-refractivity contribution is 5.91. The monoisotopic (exact) mass is 2030 g/mol. The molecule has 36 heteroatoms. The van der Waals surface area contributed by atoms with Gasteiger partial charge in [0.05, 0.1) is 125 Å². The second-order valence-corrected chi connectivity index (χ2v) is 41.6. The van der Waals surface area contributed by atoms with Crippen LogP contribution in [-0.2, 0) is 119 Å². The standard InChI is InChI=1S/C54H81NO17.C54H79NO17/c2*1-15-40-54(62,29-65-36(8)56)45(58)32(4)42(57)30(2)27-52(9,63-13)46(72-51-44(39(55(11)12)26-31(3)66-51)70-49(60)37-22-18-16-19-23-37)33(5)43(34(6)48(59)68-40)69-41-28-53(10,64-14)47(35(7)67-41)71-50(61)38-24-20-17-21-25-38/h16-25,30-35,39-47,51,57-58,62H,15,26-29H2,1-14H3;16-25,30-35,39-41,43-47,51,58,62H,15,26-29H2,1-14H3/t30-,31-,32+,33+,34-,35+,39+,40-,41?,42+,43+,44-,45-,46-,47+,51?,52+,53-,54-;30-,31-,32+,33+,34-,35+,39+,40-,41?,43+,44-,45-,46-,47+,51?,52+,53-,54-/m11/s1. The maximum absolute atomic E-state index is 14.9. The fourth-order valence-corrected chi connectivity index (χ4v) is 21.5. The number of esters is 8. The lowest BCUT2D eigenvalue weighted by Gasteiger charge is -2.50. The third-order valence-electron chi connectivity index (χ3n) is 30.3. The molecule has 144 heavy (non-hydrogen) atoms. The van der Waals surface area contributed by atoms with Gasteiger partial charge in [0.2, 0.25) is 0 Å². The molecule has 0 saturated carbocycles. The summed E-state index contributed by atoms with van der Waals surface area (Å²) in [6.45, 7) is 31.6. The van der Waals surface area contributed by atoms with Crippen molar-refractivity contribution < 1.29 is 163 Å². The highest BCUT2D eigenvalue weighted by Crippen LogP contribution is 2.48. The van der Waals surface area contributed by atoms with E-state index in [2.05, 4.69) is 0 Å². The van der Waals surface area contributed by atoms with E-state index in [1.807, 2.05) is 58.8 Å². The maximum Gasteiger partial charge on any atom is 0.338 e. The van der Waals surface area contributed by atoms with Gasteiger partial charge in [-0.2, -0.15) is 0 Å². The number of benzene rings is 4. The van der Waals surface area contributed by atoms with Crippen LogP contribution >= 0.6 is 0 Å². The van der Waals surface area contributed by atoms with Gasteiger partial charge in [0.15, 0.2) is 60.8 Å². The minimum absolute atomic E-state index is 0.000745. The quantitative estimate of drug-likeness (QED) is 0.0260. The van der Waals surface area contributed by atoms with E-state index in [-0.39, 0.29) is 50.7 Å². The molecule has 0 aliphatic carbocycles. The van der Waals surface area contributed by atoms with Gasteiger partial charge in [-0.15, -0.1) is 0 Å². The van der Waals surface area contributed by atoms with E-state index >= 15 is 0 Å². The van der Waals surface area contributed by atoms with Gasteiger partial charge in [0, 0.05) is 84.7 Å². The predicted octanol–water partition coefficient (Wildman–Crippen LogP) is 11.2. The van der Waals surface area contributed by atoms with Gasteiger partial charge in [-0.05, 0) is 190 Å². The maximum atomic E-state index is 14.9. The van der Waals surface area contributed by atoms with Gasteiger partial charge in [0.25, 0.3) is 0 Å². The first-order valence-electron chi connectivity index (χ1n) is 50.2. The number of aliphatic hydroxyl groups is 5. The molecule has 806 valence electrons. The highest BCUT2D eigenvalue weighted by Gasteiger charge is 2.61. The number of hydrogen-bond acceptors (Lipinski definition) is 36. The number of ether oxygens (including phenoxy) is 20. The number of methoxy groups -OCH3 is 4. The Kier molecular flexibility index (Phi) is 42.7. The highest BCUT2D eigenvalue weighted by atomic mass is 16.7. The molecule has 5 N–H and O–H groups in total. The van der Waals surface area contributed by atoms with Crippen molar-refractivity contribution in [3.63, 3.8) is 0 Å². The van der Waals surface area contributed by atoms with Crippen molar-refractivity contribution in [2.75, 3.05) is 69.8 Å². The van der Waals surface area contributed by atoms with Crippen LogP contribution in [-0.4, -0.2) is 333 Å². The zero-order chi connectivity index (χ0) is 107. The van der Waals surface area contributed by atoms with Gasteiger partial charge in [-0.3, -0.25) is 24.0 Å². The van der Waals surface area contributed by atoms with Gasteiger partial charge in [-0.1, -0.05) is 128 Å². The smallest absolute Gasteiger partial charge is 0.338 e. The normalized spacial score (nSPS) is 38.8. The number of nitrogens with zero attached hydrogens (tertiary/aromatic N) is 2. The van der Waals surface area contributed by atoms with E-state index in [0.717, 1.165) is 13.8 Å². The molecular formula is C108H160N2O34. The van der Waals surface area contributed by atoms with Crippen LogP contribution in [0.15, 0.2) is 121 Å². The molecule has 37 atom stereocenters. The van der Waals surface area contributed by atoms with E-state index in [1.165, 1.54) is 35.4 Å². The van der Waals surface area contributed by atoms with Crippen LogP contribution in [0.4, 0.5) is 0 Å². The van der Waals surface area contributed by atoms with E-state index in [9.17, 15) is 68.7 Å². The number of likely N-dealkylation sites (N-methyl/N-ethyl adjacent to an activating group) is 2. The number of carbonyl (C=O) groups is 9. The summed E-state index contributed by atoms with van der Waals surface area (Å²) < 4.78 is 127. The van der Waals surface area contributed by atoms with Crippen molar-refractivity contribution in [2.24, 2.45) is 47.3 Å². The van der Waals surface area contributed by atoms with Gasteiger partial charge >= 0.3 is 47.8 Å². The molecule has 6 fully saturated rings. The van der Waals surface area contributed by atoms with Crippen LogP contribution in [0.1, 0.15) is 231 Å². The van der Waals surface area contributed by atoms with Crippen molar-refractivity contribution >= 4 is 53.5 Å². The summed E-state index contributed by atoms with van der Waals surface area (Å²) in [4.78, 5) is 127. The van der Waals surface area contributed by atoms with Gasteiger partial charge in [-0.25, -0.2) is 19.2 Å². The SMILES string of the molecule is CC[C@H]1OC(=O)[C@H](C)[C@@H](OC2C[C@@](C)(OC)[C@@H](OC(=O)c3ccccc3)[C@H](C)O2)[C@H](C)[C@@H](OC2O[C@H](C)C[C@H](N(C)C)[C@H]2OC(=O)c2ccccc2)[C@@](C)(OC)C[C@@H](C)C(=O)[C@H](C)[C@@H](O)[C@@]1(O)COC(C)=O.CC[C@H]1OC(=O)[C@H](C)[C@@H](OC2C[C@@](C)(OC)[C@@H](OC(=O)c3ccccc3)[C@H](C)O2)[C@H](C)[C@@H](OC2O[C@H](C)C[C@H](N(C)C)[C@H]2OC(=O)c2ccccc2)[C@@](C)(OC)C[C@@H](C)[C@H](O)[C@H](C)[C@@H](O)[C@@]1(O)COC(C)=O. The number of hydrogen-bond donors (Lipinski definition) is 5. The molecule has 10 rings (SSSR count). The average Bonchev–Trinajstić information content (AvgIpc) is 0.763. The van der Waals surface area contributed by atoms with Crippen LogP contribution in [0.3, 0.4) is 0 Å². The van der Waals surface area contributed by atoms with Gasteiger partial charge < -0.3 is 130 Å². The van der Waals surface area contributed by atoms with Crippen molar-refractivity contribution in [1.29, 1.82) is 0 Å².